The van der Waals surface area contributed by atoms with Crippen molar-refractivity contribution in [1.82, 2.24) is 0 Å². The predicted molar refractivity (Wildman–Crippen MR) is 110 cm³/mol. The molecule has 1 saturated carbocycles. The van der Waals surface area contributed by atoms with E-state index in [9.17, 15) is 9.59 Å². The van der Waals surface area contributed by atoms with Crippen LogP contribution in [0.3, 0.4) is 0 Å². The molecular formula is C23H24O3S. The van der Waals surface area contributed by atoms with Crippen molar-refractivity contribution in [2.45, 2.75) is 51.6 Å². The Morgan fingerprint density at radius 3 is 2.67 bits per heavy atom. The highest BCUT2D eigenvalue weighted by atomic mass is 32.1. The fourth-order valence-corrected chi connectivity index (χ4v) is 5.16. The number of ketones is 1. The van der Waals surface area contributed by atoms with Crippen LogP contribution in [0.15, 0.2) is 42.5 Å². The molecule has 1 fully saturated rings. The maximum absolute atomic E-state index is 12.9. The van der Waals surface area contributed by atoms with Gasteiger partial charge in [-0.3, -0.25) is 9.59 Å². The molecule has 4 rings (SSSR count). The highest BCUT2D eigenvalue weighted by molar-refractivity contribution is 7.25. The molecular weight excluding hydrogens is 356 g/mol. The lowest BCUT2D eigenvalue weighted by Crippen LogP contribution is -2.21. The van der Waals surface area contributed by atoms with Crippen LogP contribution in [0.25, 0.3) is 20.2 Å². The molecule has 2 unspecified atom stereocenters. The summed E-state index contributed by atoms with van der Waals surface area (Å²) in [4.78, 5) is 24.5. The van der Waals surface area contributed by atoms with Crippen molar-refractivity contribution in [1.29, 1.82) is 0 Å². The van der Waals surface area contributed by atoms with Crippen LogP contribution in [-0.4, -0.2) is 17.9 Å². The molecule has 2 atom stereocenters. The number of hydrogen-bond acceptors (Lipinski definition) is 4. The largest absolute Gasteiger partial charge is 0.463 e. The third kappa shape index (κ3) is 3.77. The Hall–Kier alpha value is -2.20. The van der Waals surface area contributed by atoms with Crippen LogP contribution >= 0.6 is 11.3 Å². The van der Waals surface area contributed by atoms with Gasteiger partial charge < -0.3 is 4.74 Å². The minimum atomic E-state index is -0.314. The van der Waals surface area contributed by atoms with Crippen molar-refractivity contribution < 1.29 is 14.3 Å². The van der Waals surface area contributed by atoms with Crippen LogP contribution in [0, 0.1) is 5.92 Å². The highest BCUT2D eigenvalue weighted by Crippen LogP contribution is 2.38. The summed E-state index contributed by atoms with van der Waals surface area (Å²) in [6, 6.07) is 14.7. The summed E-state index contributed by atoms with van der Waals surface area (Å²) >= 11 is 1.77. The van der Waals surface area contributed by atoms with E-state index in [2.05, 4.69) is 42.5 Å². The molecule has 0 bridgehead atoms. The summed E-state index contributed by atoms with van der Waals surface area (Å²) in [7, 11) is 0. The SMILES string of the molecule is CC(C)OC(=O)C(CC1CCC(=O)C1)c1ccc2sc3ccccc3c2c1. The number of Topliss-reactive ketones (excluding diaryl/α,β-unsaturated/α-hetero) is 1. The van der Waals surface area contributed by atoms with Crippen molar-refractivity contribution in [3.8, 4) is 0 Å². The molecule has 0 N–H and O–H groups in total. The molecule has 1 aliphatic carbocycles. The first kappa shape index (κ1) is 18.2. The Kier molecular flexibility index (Phi) is 5.00. The Bertz CT molecular complexity index is 1000. The van der Waals surface area contributed by atoms with E-state index in [0.29, 0.717) is 25.0 Å². The minimum absolute atomic E-state index is 0.143. The summed E-state index contributed by atoms with van der Waals surface area (Å²) in [6.45, 7) is 3.76. The number of fused-ring (bicyclic) bond motifs is 3. The van der Waals surface area contributed by atoms with Crippen molar-refractivity contribution in [3.05, 3.63) is 48.0 Å². The molecule has 1 aliphatic rings. The molecule has 4 heteroatoms. The number of carbonyl (C=O) groups excluding carboxylic acids is 2. The molecule has 0 radical (unpaired) electrons. The van der Waals surface area contributed by atoms with Gasteiger partial charge in [0.1, 0.15) is 5.78 Å². The molecule has 3 aromatic rings. The van der Waals surface area contributed by atoms with Gasteiger partial charge in [0.2, 0.25) is 0 Å². The zero-order valence-corrected chi connectivity index (χ0v) is 16.6. The van der Waals surface area contributed by atoms with E-state index in [0.717, 1.165) is 12.0 Å². The molecule has 3 nitrogen and oxygen atoms in total. The summed E-state index contributed by atoms with van der Waals surface area (Å²) in [5, 5.41) is 2.42. The van der Waals surface area contributed by atoms with Crippen LogP contribution in [-0.2, 0) is 14.3 Å². The van der Waals surface area contributed by atoms with E-state index in [1.165, 1.54) is 20.2 Å². The summed E-state index contributed by atoms with van der Waals surface area (Å²) < 4.78 is 8.05. The standard InChI is InChI=1S/C23H24O3S/c1-14(2)26-23(25)19(12-15-7-9-17(24)11-15)16-8-10-22-20(13-16)18-5-3-4-6-21(18)27-22/h3-6,8,10,13-15,19H,7,9,11-12H2,1-2H3. The Balaban J connectivity index is 1.72. The summed E-state index contributed by atoms with van der Waals surface area (Å²) in [5.41, 5.74) is 0.996. The second-order valence-electron chi connectivity index (χ2n) is 7.78. The van der Waals surface area contributed by atoms with Gasteiger partial charge in [0.15, 0.2) is 0 Å². The highest BCUT2D eigenvalue weighted by Gasteiger charge is 2.31. The van der Waals surface area contributed by atoms with Gasteiger partial charge in [0.05, 0.1) is 12.0 Å². The summed E-state index contributed by atoms with van der Waals surface area (Å²) in [6.07, 6.45) is 2.66. The van der Waals surface area contributed by atoms with Crippen LogP contribution in [0.4, 0.5) is 0 Å². The molecule has 0 saturated heterocycles. The van der Waals surface area contributed by atoms with Crippen molar-refractivity contribution in [3.63, 3.8) is 0 Å². The van der Waals surface area contributed by atoms with Gasteiger partial charge >= 0.3 is 5.97 Å². The number of benzene rings is 2. The van der Waals surface area contributed by atoms with E-state index in [-0.39, 0.29) is 23.9 Å². The number of rotatable bonds is 5. The molecule has 1 heterocycles. The van der Waals surface area contributed by atoms with Gasteiger partial charge in [0.25, 0.3) is 0 Å². The number of thiophene rings is 1. The maximum atomic E-state index is 12.9. The van der Waals surface area contributed by atoms with Crippen LogP contribution < -0.4 is 0 Å². The molecule has 2 aromatic carbocycles. The van der Waals surface area contributed by atoms with E-state index in [1.54, 1.807) is 11.3 Å². The van der Waals surface area contributed by atoms with E-state index in [1.807, 2.05) is 13.8 Å². The molecule has 0 aliphatic heterocycles. The lowest BCUT2D eigenvalue weighted by molar-refractivity contribution is -0.149. The van der Waals surface area contributed by atoms with E-state index in [4.69, 9.17) is 4.74 Å². The molecule has 27 heavy (non-hydrogen) atoms. The third-order valence-electron chi connectivity index (χ3n) is 5.36. The molecule has 0 spiro atoms. The zero-order chi connectivity index (χ0) is 19.0. The van der Waals surface area contributed by atoms with Crippen LogP contribution in [0.1, 0.15) is 51.0 Å². The fraction of sp³-hybridized carbons (Fsp3) is 0.391. The van der Waals surface area contributed by atoms with Crippen LogP contribution in [0.2, 0.25) is 0 Å². The van der Waals surface area contributed by atoms with Gasteiger partial charge in [0, 0.05) is 33.0 Å². The predicted octanol–water partition coefficient (Wildman–Crippen LogP) is 5.85. The van der Waals surface area contributed by atoms with Crippen molar-refractivity contribution in [2.75, 3.05) is 0 Å². The number of carbonyl (C=O) groups is 2. The first-order valence-electron chi connectivity index (χ1n) is 9.64. The van der Waals surface area contributed by atoms with Gasteiger partial charge in [-0.25, -0.2) is 0 Å². The monoisotopic (exact) mass is 380 g/mol. The quantitative estimate of drug-likeness (QED) is 0.522. The van der Waals surface area contributed by atoms with Gasteiger partial charge in [-0.05, 0) is 56.4 Å². The topological polar surface area (TPSA) is 43.4 Å². The lowest BCUT2D eigenvalue weighted by atomic mass is 9.87. The Labute approximate surface area is 163 Å². The first-order valence-corrected chi connectivity index (χ1v) is 10.5. The first-order chi connectivity index (χ1) is 13.0. The second kappa shape index (κ2) is 7.43. The fourth-order valence-electron chi connectivity index (χ4n) is 4.07. The van der Waals surface area contributed by atoms with E-state index >= 15 is 0 Å². The zero-order valence-electron chi connectivity index (χ0n) is 15.7. The van der Waals surface area contributed by atoms with Crippen molar-refractivity contribution in [2.24, 2.45) is 5.92 Å². The Morgan fingerprint density at radius 2 is 1.93 bits per heavy atom. The van der Waals surface area contributed by atoms with Gasteiger partial charge in [-0.1, -0.05) is 24.3 Å². The van der Waals surface area contributed by atoms with Gasteiger partial charge in [-0.15, -0.1) is 11.3 Å². The second-order valence-corrected chi connectivity index (χ2v) is 8.86. The summed E-state index contributed by atoms with van der Waals surface area (Å²) in [5.74, 6) is 0.0991. The van der Waals surface area contributed by atoms with E-state index < -0.39 is 0 Å². The Morgan fingerprint density at radius 1 is 1.15 bits per heavy atom. The third-order valence-corrected chi connectivity index (χ3v) is 6.51. The molecule has 0 amide bonds. The number of ether oxygens (including phenoxy) is 1. The smallest absolute Gasteiger partial charge is 0.313 e. The van der Waals surface area contributed by atoms with Crippen LogP contribution in [0.5, 0.6) is 0 Å². The number of esters is 1. The normalized spacial score (nSPS) is 18.5. The average molecular weight is 381 g/mol. The average Bonchev–Trinajstić information content (AvgIpc) is 3.21. The maximum Gasteiger partial charge on any atom is 0.313 e. The molecule has 1 aromatic heterocycles. The van der Waals surface area contributed by atoms with Gasteiger partial charge in [-0.2, -0.15) is 0 Å². The number of hydrogen-bond donors (Lipinski definition) is 0. The molecule has 140 valence electrons. The minimum Gasteiger partial charge on any atom is -0.463 e. The van der Waals surface area contributed by atoms with Crippen molar-refractivity contribution >= 4 is 43.3 Å². The lowest BCUT2D eigenvalue weighted by Gasteiger charge is -2.21.